The van der Waals surface area contributed by atoms with E-state index in [4.69, 9.17) is 6.42 Å². The highest BCUT2D eigenvalue weighted by molar-refractivity contribution is 4.83. The van der Waals surface area contributed by atoms with Gasteiger partial charge in [0.25, 0.3) is 0 Å². The van der Waals surface area contributed by atoms with Gasteiger partial charge in [0.05, 0.1) is 0 Å². The highest BCUT2D eigenvalue weighted by Gasteiger charge is 1.99. The molecule has 0 spiro atoms. The third-order valence-electron chi connectivity index (χ3n) is 2.48. The zero-order valence-electron chi connectivity index (χ0n) is 9.81. The molecule has 0 bridgehead atoms. The summed E-state index contributed by atoms with van der Waals surface area (Å²) in [6, 6.07) is 0.657. The van der Waals surface area contributed by atoms with Crippen LogP contribution < -0.4 is 5.32 Å². The van der Waals surface area contributed by atoms with E-state index in [1.807, 2.05) is 0 Å². The molecular weight excluding hydrogens is 170 g/mol. The van der Waals surface area contributed by atoms with Crippen LogP contribution in [0.3, 0.4) is 0 Å². The first-order chi connectivity index (χ1) is 6.81. The lowest BCUT2D eigenvalue weighted by Crippen LogP contribution is -2.26. The minimum Gasteiger partial charge on any atom is -0.314 e. The Morgan fingerprint density at radius 2 is 2.00 bits per heavy atom. The summed E-state index contributed by atoms with van der Waals surface area (Å²) in [6.45, 7) is 5.59. The summed E-state index contributed by atoms with van der Waals surface area (Å²) < 4.78 is 0. The van der Waals surface area contributed by atoms with Crippen molar-refractivity contribution in [2.45, 2.75) is 64.8 Å². The fourth-order valence-corrected chi connectivity index (χ4v) is 1.52. The van der Waals surface area contributed by atoms with Crippen molar-refractivity contribution >= 4 is 0 Å². The lowest BCUT2D eigenvalue weighted by molar-refractivity contribution is 0.480. The van der Waals surface area contributed by atoms with Crippen molar-refractivity contribution in [2.75, 3.05) is 6.54 Å². The minimum atomic E-state index is 0.657. The van der Waals surface area contributed by atoms with Crippen molar-refractivity contribution in [3.05, 3.63) is 0 Å². The van der Waals surface area contributed by atoms with Crippen LogP contribution in [0.4, 0.5) is 0 Å². The monoisotopic (exact) mass is 195 g/mol. The van der Waals surface area contributed by atoms with Gasteiger partial charge in [0.2, 0.25) is 0 Å². The fourth-order valence-electron chi connectivity index (χ4n) is 1.52. The highest BCUT2D eigenvalue weighted by atomic mass is 14.9. The van der Waals surface area contributed by atoms with Gasteiger partial charge in [-0.05, 0) is 26.3 Å². The van der Waals surface area contributed by atoms with Crippen LogP contribution in [0, 0.1) is 12.3 Å². The van der Waals surface area contributed by atoms with Crippen molar-refractivity contribution in [3.63, 3.8) is 0 Å². The van der Waals surface area contributed by atoms with Crippen LogP contribution in [-0.4, -0.2) is 12.6 Å². The molecule has 0 aromatic heterocycles. The largest absolute Gasteiger partial charge is 0.314 e. The van der Waals surface area contributed by atoms with Gasteiger partial charge in [0.15, 0.2) is 0 Å². The predicted molar refractivity (Wildman–Crippen MR) is 64.3 cm³/mol. The zero-order valence-corrected chi connectivity index (χ0v) is 9.81. The van der Waals surface area contributed by atoms with E-state index in [9.17, 15) is 0 Å². The standard InChI is InChI=1S/C13H25N/c1-4-6-8-9-11-13(3)14-12-10-7-5-2/h2,13-14H,4,6-12H2,1,3H3. The lowest BCUT2D eigenvalue weighted by atomic mass is 10.1. The van der Waals surface area contributed by atoms with E-state index in [1.165, 1.54) is 32.1 Å². The molecule has 0 fully saturated rings. The molecule has 1 atom stereocenters. The van der Waals surface area contributed by atoms with Crippen LogP contribution in [-0.2, 0) is 0 Å². The van der Waals surface area contributed by atoms with Gasteiger partial charge in [0.1, 0.15) is 0 Å². The van der Waals surface area contributed by atoms with Gasteiger partial charge >= 0.3 is 0 Å². The topological polar surface area (TPSA) is 12.0 Å². The molecule has 0 saturated heterocycles. The van der Waals surface area contributed by atoms with E-state index in [2.05, 4.69) is 25.1 Å². The number of nitrogens with one attached hydrogen (secondary N) is 1. The number of hydrogen-bond acceptors (Lipinski definition) is 1. The maximum absolute atomic E-state index is 5.18. The molecule has 0 heterocycles. The SMILES string of the molecule is C#CCCCNC(C)CCCCCC. The number of rotatable bonds is 9. The maximum Gasteiger partial charge on any atom is 0.00981 e. The minimum absolute atomic E-state index is 0.657. The van der Waals surface area contributed by atoms with Crippen molar-refractivity contribution in [2.24, 2.45) is 0 Å². The van der Waals surface area contributed by atoms with Crippen LogP contribution in [0.1, 0.15) is 58.8 Å². The average Bonchev–Trinajstić information content (AvgIpc) is 2.19. The van der Waals surface area contributed by atoms with E-state index in [0.717, 1.165) is 19.4 Å². The van der Waals surface area contributed by atoms with Gasteiger partial charge in [-0.1, -0.05) is 32.6 Å². The molecule has 1 heteroatoms. The smallest absolute Gasteiger partial charge is 0.00981 e. The summed E-state index contributed by atoms with van der Waals surface area (Å²) in [5.41, 5.74) is 0. The number of terminal acetylenes is 1. The average molecular weight is 195 g/mol. The first-order valence-corrected chi connectivity index (χ1v) is 5.98. The Morgan fingerprint density at radius 1 is 1.21 bits per heavy atom. The first-order valence-electron chi connectivity index (χ1n) is 5.98. The third-order valence-corrected chi connectivity index (χ3v) is 2.48. The van der Waals surface area contributed by atoms with E-state index in [0.29, 0.717) is 6.04 Å². The second-order valence-corrected chi connectivity index (χ2v) is 4.01. The normalized spacial score (nSPS) is 12.4. The van der Waals surface area contributed by atoms with Crippen LogP contribution in [0.2, 0.25) is 0 Å². The molecule has 0 aromatic rings. The Labute approximate surface area is 89.7 Å². The van der Waals surface area contributed by atoms with E-state index < -0.39 is 0 Å². The molecule has 0 aliphatic rings. The number of unbranched alkanes of at least 4 members (excludes halogenated alkanes) is 4. The predicted octanol–water partition coefficient (Wildman–Crippen LogP) is 3.35. The van der Waals surface area contributed by atoms with Gasteiger partial charge in [-0.25, -0.2) is 0 Å². The first kappa shape index (κ1) is 13.5. The summed E-state index contributed by atoms with van der Waals surface area (Å²) >= 11 is 0. The van der Waals surface area contributed by atoms with E-state index >= 15 is 0 Å². The molecule has 0 aromatic carbocycles. The molecule has 0 aliphatic heterocycles. The molecule has 1 unspecified atom stereocenters. The summed E-state index contributed by atoms with van der Waals surface area (Å²) in [5.74, 6) is 2.66. The molecule has 82 valence electrons. The molecule has 0 rings (SSSR count). The maximum atomic E-state index is 5.18. The van der Waals surface area contributed by atoms with Gasteiger partial charge in [-0.2, -0.15) is 0 Å². The van der Waals surface area contributed by atoms with Crippen molar-refractivity contribution < 1.29 is 0 Å². The summed E-state index contributed by atoms with van der Waals surface area (Å²) in [7, 11) is 0. The molecule has 1 N–H and O–H groups in total. The lowest BCUT2D eigenvalue weighted by Gasteiger charge is -2.12. The van der Waals surface area contributed by atoms with Gasteiger partial charge in [-0.3, -0.25) is 0 Å². The molecule has 14 heavy (non-hydrogen) atoms. The second kappa shape index (κ2) is 10.6. The Morgan fingerprint density at radius 3 is 2.64 bits per heavy atom. The van der Waals surface area contributed by atoms with E-state index in [1.54, 1.807) is 0 Å². The van der Waals surface area contributed by atoms with E-state index in [-0.39, 0.29) is 0 Å². The Hall–Kier alpha value is -0.480. The van der Waals surface area contributed by atoms with Crippen LogP contribution in [0.15, 0.2) is 0 Å². The van der Waals surface area contributed by atoms with Crippen LogP contribution >= 0.6 is 0 Å². The summed E-state index contributed by atoms with van der Waals surface area (Å²) in [4.78, 5) is 0. The molecule has 0 aliphatic carbocycles. The highest BCUT2D eigenvalue weighted by Crippen LogP contribution is 2.05. The molecular formula is C13H25N. The van der Waals surface area contributed by atoms with Crippen molar-refractivity contribution in [1.82, 2.24) is 5.32 Å². The Bertz CT molecular complexity index is 146. The zero-order chi connectivity index (χ0) is 10.6. The summed E-state index contributed by atoms with van der Waals surface area (Å²) in [5, 5.41) is 3.50. The second-order valence-electron chi connectivity index (χ2n) is 4.01. The van der Waals surface area contributed by atoms with Crippen molar-refractivity contribution in [1.29, 1.82) is 0 Å². The molecule has 0 saturated carbocycles. The number of hydrogen-bond donors (Lipinski definition) is 1. The molecule has 1 nitrogen and oxygen atoms in total. The van der Waals surface area contributed by atoms with Gasteiger partial charge < -0.3 is 5.32 Å². The Kier molecular flexibility index (Phi) is 10.2. The molecule has 0 amide bonds. The third kappa shape index (κ3) is 9.61. The Balaban J connectivity index is 3.12. The van der Waals surface area contributed by atoms with Crippen LogP contribution in [0.5, 0.6) is 0 Å². The quantitative estimate of drug-likeness (QED) is 0.439. The molecule has 0 radical (unpaired) electrons. The van der Waals surface area contributed by atoms with Gasteiger partial charge in [-0.15, -0.1) is 12.3 Å². The summed E-state index contributed by atoms with van der Waals surface area (Å²) in [6.07, 6.45) is 13.9. The van der Waals surface area contributed by atoms with Crippen molar-refractivity contribution in [3.8, 4) is 12.3 Å². The fraction of sp³-hybridized carbons (Fsp3) is 0.846. The van der Waals surface area contributed by atoms with Gasteiger partial charge in [0, 0.05) is 12.5 Å². The van der Waals surface area contributed by atoms with Crippen LogP contribution in [0.25, 0.3) is 0 Å².